The zero-order valence-corrected chi connectivity index (χ0v) is 34.8. The van der Waals surface area contributed by atoms with E-state index in [2.05, 4.69) is 15.6 Å². The molecule has 2 N–H and O–H groups in total. The standard InChI is InChI=1S/C46H52N6O8/c1-44(2,3)60-42(56)50(4)27-33-14-9-10-15-34(33)28-52(41(55)46(58-5)19-22-51(23-20-46)43(57)59-30-31-12-7-6-8-13-31)29-38(53)48-36-18-17-32-25-45(26-35(32)24-36)37-16-11-21-47-39(37)49-40(45)54/h6-18,21,24H,19-20,22-23,25-30H2,1-5H3,(H,48,53)(H,47,49,54)/t45-/m1/s1. The number of pyridine rings is 1. The van der Waals surface area contributed by atoms with Gasteiger partial charge in [0.1, 0.15) is 30.2 Å². The Labute approximate surface area is 350 Å². The molecule has 0 unspecified atom stereocenters. The van der Waals surface area contributed by atoms with E-state index in [9.17, 15) is 24.0 Å². The maximum absolute atomic E-state index is 14.8. The van der Waals surface area contributed by atoms with Gasteiger partial charge in [0.2, 0.25) is 11.8 Å². The first-order chi connectivity index (χ1) is 28.7. The van der Waals surface area contributed by atoms with E-state index in [0.29, 0.717) is 24.3 Å². The number of hydrogen-bond acceptors (Lipinski definition) is 9. The summed E-state index contributed by atoms with van der Waals surface area (Å²) < 4.78 is 17.2. The lowest BCUT2D eigenvalue weighted by atomic mass is 9.79. The Kier molecular flexibility index (Phi) is 12.0. The number of fused-ring (bicyclic) bond motifs is 3. The average molecular weight is 817 g/mol. The fraction of sp³-hybridized carbons (Fsp3) is 0.391. The van der Waals surface area contributed by atoms with Crippen LogP contribution in [0.4, 0.5) is 21.1 Å². The van der Waals surface area contributed by atoms with Gasteiger partial charge in [-0.15, -0.1) is 0 Å². The van der Waals surface area contributed by atoms with Gasteiger partial charge in [-0.2, -0.15) is 0 Å². The molecule has 0 bridgehead atoms. The number of rotatable bonds is 11. The van der Waals surface area contributed by atoms with Crippen molar-refractivity contribution < 1.29 is 38.2 Å². The minimum absolute atomic E-state index is 0.0355. The van der Waals surface area contributed by atoms with Crippen molar-refractivity contribution in [3.8, 4) is 0 Å². The van der Waals surface area contributed by atoms with Gasteiger partial charge in [-0.05, 0) is 79.6 Å². The smallest absolute Gasteiger partial charge is 0.410 e. The van der Waals surface area contributed by atoms with Gasteiger partial charge in [0.15, 0.2) is 0 Å². The van der Waals surface area contributed by atoms with E-state index in [1.807, 2.05) is 84.9 Å². The summed E-state index contributed by atoms with van der Waals surface area (Å²) in [6, 6.07) is 26.2. The van der Waals surface area contributed by atoms with E-state index < -0.39 is 40.6 Å². The number of ether oxygens (including phenoxy) is 3. The summed E-state index contributed by atoms with van der Waals surface area (Å²) in [5.74, 6) is -0.343. The quantitative estimate of drug-likeness (QED) is 0.179. The molecule has 314 valence electrons. The van der Waals surface area contributed by atoms with E-state index in [1.54, 1.807) is 38.9 Å². The van der Waals surface area contributed by atoms with Crippen molar-refractivity contribution >= 4 is 41.4 Å². The van der Waals surface area contributed by atoms with Gasteiger partial charge in [0.25, 0.3) is 5.91 Å². The number of methoxy groups -OCH3 is 1. The number of nitrogens with one attached hydrogen (secondary N) is 2. The predicted molar refractivity (Wildman–Crippen MR) is 224 cm³/mol. The van der Waals surface area contributed by atoms with Crippen molar-refractivity contribution in [2.24, 2.45) is 0 Å². The van der Waals surface area contributed by atoms with E-state index in [-0.39, 0.29) is 58.1 Å². The molecule has 60 heavy (non-hydrogen) atoms. The van der Waals surface area contributed by atoms with Gasteiger partial charge >= 0.3 is 12.2 Å². The number of anilines is 2. The number of hydrogen-bond donors (Lipinski definition) is 2. The van der Waals surface area contributed by atoms with Gasteiger partial charge in [-0.1, -0.05) is 66.7 Å². The maximum atomic E-state index is 14.8. The van der Waals surface area contributed by atoms with Crippen molar-refractivity contribution in [1.29, 1.82) is 0 Å². The Morgan fingerprint density at radius 2 is 1.57 bits per heavy atom. The molecule has 0 saturated carbocycles. The highest BCUT2D eigenvalue weighted by molar-refractivity contribution is 6.06. The topological polar surface area (TPSA) is 160 Å². The van der Waals surface area contributed by atoms with Crippen LogP contribution in [-0.4, -0.2) is 94.6 Å². The summed E-state index contributed by atoms with van der Waals surface area (Å²) in [6.07, 6.45) is 2.03. The highest BCUT2D eigenvalue weighted by atomic mass is 16.6. The Morgan fingerprint density at radius 1 is 0.883 bits per heavy atom. The lowest BCUT2D eigenvalue weighted by molar-refractivity contribution is -0.162. The molecule has 1 aromatic heterocycles. The number of piperidine rings is 1. The van der Waals surface area contributed by atoms with Crippen molar-refractivity contribution in [2.45, 2.75) is 82.8 Å². The third-order valence-electron chi connectivity index (χ3n) is 11.5. The third kappa shape index (κ3) is 8.98. The summed E-state index contributed by atoms with van der Waals surface area (Å²) in [7, 11) is 3.12. The molecule has 1 spiro atoms. The Bertz CT molecular complexity index is 2270. The largest absolute Gasteiger partial charge is 0.445 e. The monoisotopic (exact) mass is 816 g/mol. The highest BCUT2D eigenvalue weighted by Crippen LogP contribution is 2.47. The lowest BCUT2D eigenvalue weighted by Crippen LogP contribution is -2.57. The van der Waals surface area contributed by atoms with E-state index in [0.717, 1.165) is 33.4 Å². The van der Waals surface area contributed by atoms with Gasteiger partial charge < -0.3 is 39.5 Å². The lowest BCUT2D eigenvalue weighted by Gasteiger charge is -2.41. The first kappa shape index (κ1) is 41.9. The molecule has 0 radical (unpaired) electrons. The fourth-order valence-electron chi connectivity index (χ4n) is 8.30. The minimum atomic E-state index is -1.33. The van der Waals surface area contributed by atoms with Crippen LogP contribution in [0.3, 0.4) is 0 Å². The van der Waals surface area contributed by atoms with Crippen LogP contribution in [0.15, 0.2) is 91.1 Å². The second-order valence-electron chi connectivity index (χ2n) is 16.8. The summed E-state index contributed by atoms with van der Waals surface area (Å²) in [6.45, 7) is 5.86. The summed E-state index contributed by atoms with van der Waals surface area (Å²) in [5.41, 5.74) is 2.97. The number of carbonyl (C=O) groups is 5. The molecular formula is C46H52N6O8. The third-order valence-corrected chi connectivity index (χ3v) is 11.5. The molecule has 2 aliphatic heterocycles. The molecule has 3 heterocycles. The first-order valence-electron chi connectivity index (χ1n) is 20.2. The second kappa shape index (κ2) is 17.1. The van der Waals surface area contributed by atoms with Crippen LogP contribution in [-0.2, 0) is 66.5 Å². The minimum Gasteiger partial charge on any atom is -0.445 e. The van der Waals surface area contributed by atoms with Crippen LogP contribution in [0.2, 0.25) is 0 Å². The van der Waals surface area contributed by atoms with Crippen LogP contribution in [0.1, 0.15) is 67.0 Å². The van der Waals surface area contributed by atoms with Crippen LogP contribution in [0.5, 0.6) is 0 Å². The predicted octanol–water partition coefficient (Wildman–Crippen LogP) is 6.22. The van der Waals surface area contributed by atoms with E-state index in [4.69, 9.17) is 14.2 Å². The first-order valence-corrected chi connectivity index (χ1v) is 20.2. The Balaban J connectivity index is 1.09. The van der Waals surface area contributed by atoms with Gasteiger partial charge in [-0.3, -0.25) is 14.4 Å². The number of carbonyl (C=O) groups excluding carboxylic acids is 5. The molecule has 3 aromatic carbocycles. The van der Waals surface area contributed by atoms with Crippen LogP contribution < -0.4 is 10.6 Å². The number of aromatic nitrogens is 1. The molecule has 5 amide bonds. The highest BCUT2D eigenvalue weighted by Gasteiger charge is 2.51. The number of likely N-dealkylation sites (tertiary alicyclic amines) is 1. The average Bonchev–Trinajstić information content (AvgIpc) is 3.75. The van der Waals surface area contributed by atoms with Crippen LogP contribution >= 0.6 is 0 Å². The molecule has 4 aromatic rings. The molecular weight excluding hydrogens is 765 g/mol. The van der Waals surface area contributed by atoms with E-state index >= 15 is 0 Å². The van der Waals surface area contributed by atoms with Gasteiger partial charge in [0, 0.05) is 70.6 Å². The van der Waals surface area contributed by atoms with Gasteiger partial charge in [-0.25, -0.2) is 14.6 Å². The Hall–Kier alpha value is -6.28. The van der Waals surface area contributed by atoms with E-state index in [1.165, 1.54) is 16.9 Å². The maximum Gasteiger partial charge on any atom is 0.410 e. The molecule has 14 heteroatoms. The molecule has 7 rings (SSSR count). The SMILES string of the molecule is COC1(C(=O)N(CC(=O)Nc2ccc3c(c2)C[C@@]2(C3)C(=O)Nc3ncccc32)Cc2ccccc2CN(C)C(=O)OC(C)(C)C)CCN(C(=O)OCc2ccccc2)CC1. The summed E-state index contributed by atoms with van der Waals surface area (Å²) in [5, 5.41) is 5.92. The number of benzene rings is 3. The van der Waals surface area contributed by atoms with Crippen LogP contribution in [0.25, 0.3) is 0 Å². The number of nitrogens with zero attached hydrogens (tertiary/aromatic N) is 4. The fourth-order valence-corrected chi connectivity index (χ4v) is 8.30. The normalized spacial score (nSPS) is 17.6. The zero-order valence-electron chi connectivity index (χ0n) is 34.8. The van der Waals surface area contributed by atoms with Crippen molar-refractivity contribution in [2.75, 3.05) is 44.4 Å². The molecule has 1 atom stereocenters. The Morgan fingerprint density at radius 3 is 2.27 bits per heavy atom. The van der Waals surface area contributed by atoms with Crippen LogP contribution in [0, 0.1) is 0 Å². The summed E-state index contributed by atoms with van der Waals surface area (Å²) in [4.78, 5) is 77.0. The summed E-state index contributed by atoms with van der Waals surface area (Å²) >= 11 is 0. The van der Waals surface area contributed by atoms with Crippen molar-refractivity contribution in [1.82, 2.24) is 19.7 Å². The molecule has 14 nitrogen and oxygen atoms in total. The zero-order chi connectivity index (χ0) is 42.7. The second-order valence-corrected chi connectivity index (χ2v) is 16.8. The molecule has 3 aliphatic rings. The molecule has 1 fully saturated rings. The molecule has 1 saturated heterocycles. The van der Waals surface area contributed by atoms with Gasteiger partial charge in [0.05, 0.1) is 5.41 Å². The van der Waals surface area contributed by atoms with Crippen molar-refractivity contribution in [3.63, 3.8) is 0 Å². The number of amides is 5. The van der Waals surface area contributed by atoms with Crippen molar-refractivity contribution in [3.05, 3.63) is 125 Å². The molecule has 1 aliphatic carbocycles.